The highest BCUT2D eigenvalue weighted by molar-refractivity contribution is 7.05. The van der Waals surface area contributed by atoms with Gasteiger partial charge in [-0.15, -0.1) is 5.10 Å². The first-order valence-corrected chi connectivity index (χ1v) is 7.88. The number of aromatic nitrogens is 2. The second-order valence-electron chi connectivity index (χ2n) is 6.08. The number of hydrogen-bond donors (Lipinski definition) is 1. The molecule has 2 rings (SSSR count). The van der Waals surface area contributed by atoms with Crippen molar-refractivity contribution in [2.75, 3.05) is 6.54 Å². The van der Waals surface area contributed by atoms with Gasteiger partial charge in [-0.1, -0.05) is 56.4 Å². The molecule has 0 aliphatic carbocycles. The summed E-state index contributed by atoms with van der Waals surface area (Å²) in [6.07, 6.45) is 2.84. The normalized spacial score (nSPS) is 13.4. The molecule has 2 aromatic rings. The van der Waals surface area contributed by atoms with Crippen molar-refractivity contribution in [1.82, 2.24) is 14.9 Å². The van der Waals surface area contributed by atoms with Gasteiger partial charge in [-0.05, 0) is 41.0 Å². The van der Waals surface area contributed by atoms with Crippen molar-refractivity contribution in [2.24, 2.45) is 0 Å². The minimum absolute atomic E-state index is 0.210. The SMILES string of the molecule is CCNC(Cc1ccc(C(C)(C)C)cc1)c1cnns1. The van der Waals surface area contributed by atoms with E-state index in [9.17, 15) is 0 Å². The van der Waals surface area contributed by atoms with E-state index < -0.39 is 0 Å². The molecule has 0 spiro atoms. The van der Waals surface area contributed by atoms with Crippen LogP contribution in [0.1, 0.15) is 49.7 Å². The predicted molar refractivity (Wildman–Crippen MR) is 85.2 cm³/mol. The van der Waals surface area contributed by atoms with Crippen LogP contribution >= 0.6 is 11.5 Å². The standard InChI is InChI=1S/C16H23N3S/c1-5-17-14(15-11-18-19-20-15)10-12-6-8-13(9-7-12)16(2,3)4/h6-9,11,14,17H,5,10H2,1-4H3. The van der Waals surface area contributed by atoms with Crippen LogP contribution in [-0.2, 0) is 11.8 Å². The van der Waals surface area contributed by atoms with Crippen LogP contribution < -0.4 is 5.32 Å². The van der Waals surface area contributed by atoms with Gasteiger partial charge >= 0.3 is 0 Å². The fourth-order valence-electron chi connectivity index (χ4n) is 2.22. The summed E-state index contributed by atoms with van der Waals surface area (Å²) in [5.41, 5.74) is 2.93. The molecule has 1 N–H and O–H groups in total. The number of benzene rings is 1. The van der Waals surface area contributed by atoms with E-state index in [1.807, 2.05) is 6.20 Å². The smallest absolute Gasteiger partial charge is 0.0669 e. The molecule has 0 saturated carbocycles. The zero-order chi connectivity index (χ0) is 14.6. The zero-order valence-corrected chi connectivity index (χ0v) is 13.5. The Labute approximate surface area is 125 Å². The van der Waals surface area contributed by atoms with Gasteiger partial charge in [0.05, 0.1) is 11.1 Å². The van der Waals surface area contributed by atoms with Crippen LogP contribution in [0.15, 0.2) is 30.5 Å². The Balaban J connectivity index is 2.11. The van der Waals surface area contributed by atoms with Crippen molar-refractivity contribution in [3.8, 4) is 0 Å². The number of hydrogen-bond acceptors (Lipinski definition) is 4. The predicted octanol–water partition coefficient (Wildman–Crippen LogP) is 3.73. The van der Waals surface area contributed by atoms with E-state index in [4.69, 9.17) is 0 Å². The molecule has 0 aliphatic heterocycles. The summed E-state index contributed by atoms with van der Waals surface area (Å²) in [6, 6.07) is 9.26. The summed E-state index contributed by atoms with van der Waals surface area (Å²) in [5, 5.41) is 7.45. The highest BCUT2D eigenvalue weighted by atomic mass is 32.1. The van der Waals surface area contributed by atoms with Gasteiger partial charge in [0.1, 0.15) is 0 Å². The maximum Gasteiger partial charge on any atom is 0.0669 e. The van der Waals surface area contributed by atoms with Crippen LogP contribution in [0.5, 0.6) is 0 Å². The lowest BCUT2D eigenvalue weighted by atomic mass is 9.86. The molecule has 0 amide bonds. The Bertz CT molecular complexity index is 512. The topological polar surface area (TPSA) is 37.8 Å². The van der Waals surface area contributed by atoms with Crippen molar-refractivity contribution in [3.05, 3.63) is 46.5 Å². The van der Waals surface area contributed by atoms with E-state index in [0.717, 1.165) is 13.0 Å². The van der Waals surface area contributed by atoms with Crippen LogP contribution in [0, 0.1) is 0 Å². The fourth-order valence-corrected chi connectivity index (χ4v) is 2.80. The van der Waals surface area contributed by atoms with Crippen LogP contribution in [0.4, 0.5) is 0 Å². The summed E-state index contributed by atoms with van der Waals surface area (Å²) in [6.45, 7) is 9.80. The molecule has 1 heterocycles. The number of nitrogens with one attached hydrogen (secondary N) is 1. The lowest BCUT2D eigenvalue weighted by molar-refractivity contribution is 0.556. The zero-order valence-electron chi connectivity index (χ0n) is 12.7. The molecule has 0 saturated heterocycles. The minimum Gasteiger partial charge on any atom is -0.309 e. The van der Waals surface area contributed by atoms with E-state index in [2.05, 4.69) is 66.9 Å². The maximum absolute atomic E-state index is 3.97. The Morgan fingerprint density at radius 2 is 1.90 bits per heavy atom. The maximum atomic E-state index is 3.97. The van der Waals surface area contributed by atoms with Crippen molar-refractivity contribution in [1.29, 1.82) is 0 Å². The quantitative estimate of drug-likeness (QED) is 0.911. The highest BCUT2D eigenvalue weighted by Crippen LogP contribution is 2.24. The molecule has 20 heavy (non-hydrogen) atoms. The molecule has 0 fully saturated rings. The summed E-state index contributed by atoms with van der Waals surface area (Å²) in [4.78, 5) is 1.20. The molecule has 1 aromatic heterocycles. The van der Waals surface area contributed by atoms with Gasteiger partial charge < -0.3 is 5.32 Å². The number of rotatable bonds is 5. The van der Waals surface area contributed by atoms with E-state index in [1.54, 1.807) is 0 Å². The molecule has 1 aromatic carbocycles. The second-order valence-corrected chi connectivity index (χ2v) is 6.90. The molecule has 1 unspecified atom stereocenters. The lowest BCUT2D eigenvalue weighted by Gasteiger charge is -2.20. The average Bonchev–Trinajstić information content (AvgIpc) is 2.91. The second kappa shape index (κ2) is 6.46. The molecule has 0 bridgehead atoms. The monoisotopic (exact) mass is 289 g/mol. The highest BCUT2D eigenvalue weighted by Gasteiger charge is 2.16. The molecular formula is C16H23N3S. The Morgan fingerprint density at radius 1 is 1.20 bits per heavy atom. The summed E-state index contributed by atoms with van der Waals surface area (Å²) >= 11 is 1.47. The first-order chi connectivity index (χ1) is 9.50. The van der Waals surface area contributed by atoms with Gasteiger partial charge in [-0.2, -0.15) is 0 Å². The number of nitrogens with zero attached hydrogens (tertiary/aromatic N) is 2. The van der Waals surface area contributed by atoms with Gasteiger partial charge in [0, 0.05) is 6.04 Å². The minimum atomic E-state index is 0.210. The number of likely N-dealkylation sites (N-methyl/N-ethyl adjacent to an activating group) is 1. The van der Waals surface area contributed by atoms with Crippen molar-refractivity contribution >= 4 is 11.5 Å². The van der Waals surface area contributed by atoms with Gasteiger partial charge in [-0.25, -0.2) is 0 Å². The molecule has 4 heteroatoms. The van der Waals surface area contributed by atoms with Crippen LogP contribution in [0.2, 0.25) is 0 Å². The van der Waals surface area contributed by atoms with E-state index in [0.29, 0.717) is 6.04 Å². The van der Waals surface area contributed by atoms with Crippen molar-refractivity contribution in [3.63, 3.8) is 0 Å². The van der Waals surface area contributed by atoms with Crippen molar-refractivity contribution < 1.29 is 0 Å². The van der Waals surface area contributed by atoms with E-state index in [-0.39, 0.29) is 5.41 Å². The van der Waals surface area contributed by atoms with Gasteiger partial charge in [-0.3, -0.25) is 0 Å². The molecule has 1 atom stereocenters. The fraction of sp³-hybridized carbons (Fsp3) is 0.500. The first-order valence-electron chi connectivity index (χ1n) is 7.10. The third-order valence-electron chi connectivity index (χ3n) is 3.43. The first kappa shape index (κ1) is 15.1. The Kier molecular flexibility index (Phi) is 4.89. The molecule has 0 aliphatic rings. The van der Waals surface area contributed by atoms with Crippen LogP contribution in [-0.4, -0.2) is 16.1 Å². The van der Waals surface area contributed by atoms with Crippen LogP contribution in [0.3, 0.4) is 0 Å². The van der Waals surface area contributed by atoms with Gasteiger partial charge in [0.25, 0.3) is 0 Å². The van der Waals surface area contributed by atoms with E-state index in [1.165, 1.54) is 27.5 Å². The summed E-state index contributed by atoms with van der Waals surface area (Å²) < 4.78 is 3.97. The molecule has 108 valence electrons. The summed E-state index contributed by atoms with van der Waals surface area (Å²) in [5.74, 6) is 0. The lowest BCUT2D eigenvalue weighted by Crippen LogP contribution is -2.22. The third kappa shape index (κ3) is 3.87. The molecule has 3 nitrogen and oxygen atoms in total. The van der Waals surface area contributed by atoms with Gasteiger partial charge in [0.2, 0.25) is 0 Å². The molecule has 0 radical (unpaired) electrons. The van der Waals surface area contributed by atoms with Gasteiger partial charge in [0.15, 0.2) is 0 Å². The van der Waals surface area contributed by atoms with Crippen LogP contribution in [0.25, 0.3) is 0 Å². The largest absolute Gasteiger partial charge is 0.309 e. The van der Waals surface area contributed by atoms with E-state index >= 15 is 0 Å². The third-order valence-corrected chi connectivity index (χ3v) is 4.21. The average molecular weight is 289 g/mol. The molecular weight excluding hydrogens is 266 g/mol. The summed E-state index contributed by atoms with van der Waals surface area (Å²) in [7, 11) is 0. The Hall–Kier alpha value is -1.26. The Morgan fingerprint density at radius 3 is 2.40 bits per heavy atom. The van der Waals surface area contributed by atoms with Crippen molar-refractivity contribution in [2.45, 2.75) is 45.6 Å².